The molecule has 1 aliphatic rings. The second-order valence-corrected chi connectivity index (χ2v) is 7.21. The Labute approximate surface area is 164 Å². The van der Waals surface area contributed by atoms with E-state index in [4.69, 9.17) is 0 Å². The molecule has 6 heteroatoms. The zero-order valence-electron chi connectivity index (χ0n) is 15.9. The van der Waals surface area contributed by atoms with Crippen molar-refractivity contribution in [1.29, 1.82) is 0 Å². The van der Waals surface area contributed by atoms with E-state index < -0.39 is 0 Å². The molecule has 140 valence electrons. The zero-order valence-corrected chi connectivity index (χ0v) is 15.9. The molecule has 0 radical (unpaired) electrons. The van der Waals surface area contributed by atoms with Crippen molar-refractivity contribution < 1.29 is 0 Å². The second kappa shape index (κ2) is 7.70. The van der Waals surface area contributed by atoms with Gasteiger partial charge in [-0.05, 0) is 58.8 Å². The van der Waals surface area contributed by atoms with Gasteiger partial charge in [-0.1, -0.05) is 60.7 Å². The van der Waals surface area contributed by atoms with Gasteiger partial charge in [-0.15, -0.1) is 10.2 Å². The quantitative estimate of drug-likeness (QED) is 0.450. The summed E-state index contributed by atoms with van der Waals surface area (Å²) < 4.78 is 0. The van der Waals surface area contributed by atoms with Crippen molar-refractivity contribution in [3.8, 4) is 0 Å². The average molecular weight is 370 g/mol. The summed E-state index contributed by atoms with van der Waals surface area (Å²) in [4.78, 5) is 0. The molecule has 3 aromatic carbocycles. The summed E-state index contributed by atoms with van der Waals surface area (Å²) in [6, 6.07) is 24.2. The molecule has 1 atom stereocenters. The molecule has 0 aliphatic carbocycles. The maximum Gasteiger partial charge on any atom is 0.149 e. The highest BCUT2D eigenvalue weighted by atomic mass is 15.5. The van der Waals surface area contributed by atoms with Gasteiger partial charge in [0.2, 0.25) is 0 Å². The first-order valence-corrected chi connectivity index (χ1v) is 9.23. The molecular weight excluding hydrogens is 348 g/mol. The minimum atomic E-state index is -0.346. The van der Waals surface area contributed by atoms with E-state index in [0.717, 1.165) is 5.69 Å². The molecule has 6 nitrogen and oxygen atoms in total. The first kappa shape index (κ1) is 18.0. The first-order chi connectivity index (χ1) is 13.6. The van der Waals surface area contributed by atoms with E-state index in [-0.39, 0.29) is 11.7 Å². The van der Waals surface area contributed by atoms with Crippen LogP contribution < -0.4 is 10.6 Å². The number of nitrogens with one attached hydrogen (secondary N) is 2. The van der Waals surface area contributed by atoms with Crippen LogP contribution in [0.2, 0.25) is 0 Å². The molecule has 0 bridgehead atoms. The van der Waals surface area contributed by atoms with Crippen molar-refractivity contribution in [2.24, 2.45) is 20.7 Å². The molecule has 28 heavy (non-hydrogen) atoms. The van der Waals surface area contributed by atoms with Gasteiger partial charge in [-0.3, -0.25) is 5.32 Å². The van der Waals surface area contributed by atoms with E-state index in [2.05, 4.69) is 87.6 Å². The van der Waals surface area contributed by atoms with Gasteiger partial charge < -0.3 is 5.32 Å². The van der Waals surface area contributed by atoms with Crippen LogP contribution in [0.15, 0.2) is 105 Å². The third-order valence-electron chi connectivity index (χ3n) is 4.55. The number of benzene rings is 3. The van der Waals surface area contributed by atoms with Crippen LogP contribution in [0, 0.1) is 0 Å². The predicted molar refractivity (Wildman–Crippen MR) is 111 cm³/mol. The molecule has 0 amide bonds. The van der Waals surface area contributed by atoms with Crippen molar-refractivity contribution in [2.75, 3.05) is 0 Å². The van der Waals surface area contributed by atoms with Gasteiger partial charge in [0.25, 0.3) is 0 Å². The molecule has 4 rings (SSSR count). The molecule has 1 aliphatic heterocycles. The average Bonchev–Trinajstić information content (AvgIpc) is 2.70. The third kappa shape index (κ3) is 4.13. The standard InChI is InChI=1S/C22H22N6/c1-22(2)23-20(19-14-8-10-16-9-6-7-13-18(16)19)15-21(24-22)26-28-27-25-17-11-4-3-5-12-17/h3-15,20,23-24H,1-2H3. The highest BCUT2D eigenvalue weighted by molar-refractivity contribution is 5.86. The molecule has 0 saturated heterocycles. The Morgan fingerprint density at radius 1 is 0.786 bits per heavy atom. The van der Waals surface area contributed by atoms with Gasteiger partial charge in [-0.2, -0.15) is 0 Å². The van der Waals surface area contributed by atoms with Gasteiger partial charge >= 0.3 is 0 Å². The molecule has 0 spiro atoms. The Hall–Kier alpha value is -3.38. The monoisotopic (exact) mass is 370 g/mol. The predicted octanol–water partition coefficient (Wildman–Crippen LogP) is 5.80. The zero-order chi connectivity index (χ0) is 19.4. The normalized spacial score (nSPS) is 19.1. The minimum Gasteiger partial charge on any atom is -0.351 e. The largest absolute Gasteiger partial charge is 0.351 e. The number of hydrogen-bond donors (Lipinski definition) is 2. The lowest BCUT2D eigenvalue weighted by molar-refractivity contribution is 0.294. The van der Waals surface area contributed by atoms with Gasteiger partial charge in [0.15, 0.2) is 0 Å². The van der Waals surface area contributed by atoms with E-state index in [1.165, 1.54) is 16.3 Å². The second-order valence-electron chi connectivity index (χ2n) is 7.21. The van der Waals surface area contributed by atoms with Crippen LogP contribution in [-0.2, 0) is 0 Å². The topological polar surface area (TPSA) is 73.5 Å². The fourth-order valence-corrected chi connectivity index (χ4v) is 3.37. The Balaban J connectivity index is 1.61. The van der Waals surface area contributed by atoms with Crippen molar-refractivity contribution in [3.05, 3.63) is 90.3 Å². The number of nitrogens with zero attached hydrogens (tertiary/aromatic N) is 4. The van der Waals surface area contributed by atoms with Crippen LogP contribution in [0.5, 0.6) is 0 Å². The Morgan fingerprint density at radius 3 is 2.36 bits per heavy atom. The molecule has 0 fully saturated rings. The summed E-state index contributed by atoms with van der Waals surface area (Å²) in [7, 11) is 0. The van der Waals surface area contributed by atoms with Crippen molar-refractivity contribution in [1.82, 2.24) is 10.6 Å². The summed E-state index contributed by atoms with van der Waals surface area (Å²) >= 11 is 0. The Bertz CT molecular complexity index is 1050. The number of hydrogen-bond acceptors (Lipinski definition) is 4. The number of fused-ring (bicyclic) bond motifs is 1. The molecule has 2 N–H and O–H groups in total. The van der Waals surface area contributed by atoms with E-state index in [1.807, 2.05) is 36.4 Å². The minimum absolute atomic E-state index is 0.00219. The van der Waals surface area contributed by atoms with Crippen molar-refractivity contribution >= 4 is 16.5 Å². The lowest BCUT2D eigenvalue weighted by atomic mass is 9.96. The maximum atomic E-state index is 4.22. The first-order valence-electron chi connectivity index (χ1n) is 9.23. The van der Waals surface area contributed by atoms with Gasteiger partial charge in [-0.25, -0.2) is 0 Å². The van der Waals surface area contributed by atoms with Crippen LogP contribution in [0.3, 0.4) is 0 Å². The van der Waals surface area contributed by atoms with Gasteiger partial charge in [0.1, 0.15) is 5.82 Å². The number of rotatable bonds is 4. The summed E-state index contributed by atoms with van der Waals surface area (Å²) in [5.41, 5.74) is 1.59. The molecule has 3 aromatic rings. The van der Waals surface area contributed by atoms with Crippen LogP contribution in [0.25, 0.3) is 10.8 Å². The highest BCUT2D eigenvalue weighted by Crippen LogP contribution is 2.29. The summed E-state index contributed by atoms with van der Waals surface area (Å²) in [6.07, 6.45) is 2.02. The van der Waals surface area contributed by atoms with Crippen LogP contribution in [0.4, 0.5) is 5.69 Å². The van der Waals surface area contributed by atoms with E-state index in [9.17, 15) is 0 Å². The van der Waals surface area contributed by atoms with E-state index >= 15 is 0 Å². The maximum absolute atomic E-state index is 4.22. The van der Waals surface area contributed by atoms with E-state index in [1.54, 1.807) is 0 Å². The van der Waals surface area contributed by atoms with Crippen LogP contribution in [-0.4, -0.2) is 5.66 Å². The lowest BCUT2D eigenvalue weighted by Crippen LogP contribution is -2.55. The van der Waals surface area contributed by atoms with Gasteiger partial charge in [0, 0.05) is 0 Å². The van der Waals surface area contributed by atoms with Crippen molar-refractivity contribution in [3.63, 3.8) is 0 Å². The highest BCUT2D eigenvalue weighted by Gasteiger charge is 2.28. The molecule has 0 aromatic heterocycles. The lowest BCUT2D eigenvalue weighted by Gasteiger charge is -2.37. The molecular formula is C22H22N6. The van der Waals surface area contributed by atoms with Crippen molar-refractivity contribution in [2.45, 2.75) is 25.6 Å². The Kier molecular flexibility index (Phi) is 4.95. The van der Waals surface area contributed by atoms with Gasteiger partial charge in [0.05, 0.1) is 17.4 Å². The fourth-order valence-electron chi connectivity index (χ4n) is 3.37. The smallest absolute Gasteiger partial charge is 0.149 e. The van der Waals surface area contributed by atoms with E-state index in [0.29, 0.717) is 5.82 Å². The third-order valence-corrected chi connectivity index (χ3v) is 4.55. The SMILES string of the molecule is CC1(C)NC(N=NN=Nc2ccccc2)=CC(c2cccc3ccccc23)N1. The molecule has 1 heterocycles. The Morgan fingerprint density at radius 2 is 1.50 bits per heavy atom. The van der Waals surface area contributed by atoms with Crippen LogP contribution in [0.1, 0.15) is 25.5 Å². The molecule has 1 unspecified atom stereocenters. The van der Waals surface area contributed by atoms with Crippen LogP contribution >= 0.6 is 0 Å². The summed E-state index contributed by atoms with van der Waals surface area (Å²) in [6.45, 7) is 4.14. The fraction of sp³-hybridized carbons (Fsp3) is 0.182. The summed E-state index contributed by atoms with van der Waals surface area (Å²) in [5.74, 6) is 0.661. The molecule has 0 saturated carbocycles. The summed E-state index contributed by atoms with van der Waals surface area (Å²) in [5, 5.41) is 25.3.